The van der Waals surface area contributed by atoms with Crippen molar-refractivity contribution in [1.82, 2.24) is 10.0 Å². The number of carboxylic acids is 1. The lowest BCUT2D eigenvalue weighted by Gasteiger charge is -2.18. The second kappa shape index (κ2) is 12.2. The third-order valence-electron chi connectivity index (χ3n) is 7.37. The normalized spacial score (nSPS) is 14.6. The summed E-state index contributed by atoms with van der Waals surface area (Å²) in [7, 11) is -4.05. The fourth-order valence-corrected chi connectivity index (χ4v) is 7.08. The van der Waals surface area contributed by atoms with E-state index in [1.807, 2.05) is 44.2 Å². The monoisotopic (exact) mass is 563 g/mol. The van der Waals surface area contributed by atoms with Gasteiger partial charge in [-0.3, -0.25) is 4.79 Å². The van der Waals surface area contributed by atoms with Gasteiger partial charge < -0.3 is 15.7 Å². The van der Waals surface area contributed by atoms with Gasteiger partial charge in [0.25, 0.3) is 0 Å². The van der Waals surface area contributed by atoms with Crippen LogP contribution < -0.4 is 15.4 Å². The van der Waals surface area contributed by atoms with Crippen LogP contribution in [0.2, 0.25) is 0 Å². The number of carboxylic acid groups (broad SMARTS) is 1. The molecule has 1 fully saturated rings. The van der Waals surface area contributed by atoms with E-state index in [-0.39, 0.29) is 23.4 Å². The molecule has 1 aliphatic carbocycles. The molecule has 0 radical (unpaired) electrons. The summed E-state index contributed by atoms with van der Waals surface area (Å²) in [6.07, 6.45) is 4.28. The number of carbonyl (C=O) groups is 2. The van der Waals surface area contributed by atoms with Crippen molar-refractivity contribution in [2.75, 3.05) is 5.32 Å². The summed E-state index contributed by atoms with van der Waals surface area (Å²) >= 11 is 0. The summed E-state index contributed by atoms with van der Waals surface area (Å²) < 4.78 is 28.7. The van der Waals surface area contributed by atoms with Crippen LogP contribution >= 0.6 is 0 Å². The largest absolute Gasteiger partial charge is 0.480 e. The summed E-state index contributed by atoms with van der Waals surface area (Å²) in [6.45, 7) is 7.23. The maximum absolute atomic E-state index is 13.2. The molecule has 9 heteroatoms. The molecule has 4 N–H and O–H groups in total. The summed E-state index contributed by atoms with van der Waals surface area (Å²) in [5, 5.41) is 15.8. The number of rotatable bonds is 9. The smallest absolute Gasteiger partial charge is 0.322 e. The number of nitrogens with one attached hydrogen (secondary N) is 3. The maximum Gasteiger partial charge on any atom is 0.322 e. The molecular formula is C31H37N3O5S. The van der Waals surface area contributed by atoms with Crippen molar-refractivity contribution >= 4 is 27.7 Å². The number of aliphatic carboxylic acids is 1. The molecule has 0 saturated heterocycles. The van der Waals surface area contributed by atoms with Gasteiger partial charge >= 0.3 is 12.0 Å². The van der Waals surface area contributed by atoms with E-state index >= 15 is 0 Å². The van der Waals surface area contributed by atoms with Gasteiger partial charge in [0.05, 0.1) is 4.90 Å². The highest BCUT2D eigenvalue weighted by atomic mass is 32.2. The van der Waals surface area contributed by atoms with Gasteiger partial charge in [-0.2, -0.15) is 4.72 Å². The Kier molecular flexibility index (Phi) is 8.95. The maximum atomic E-state index is 13.2. The molecule has 2 amide bonds. The number of benzene rings is 3. The zero-order valence-electron chi connectivity index (χ0n) is 23.4. The predicted octanol–water partition coefficient (Wildman–Crippen LogP) is 5.63. The summed E-state index contributed by atoms with van der Waals surface area (Å²) in [4.78, 5) is 24.6. The molecule has 212 valence electrons. The third kappa shape index (κ3) is 7.08. The Morgan fingerprint density at radius 2 is 1.48 bits per heavy atom. The van der Waals surface area contributed by atoms with Gasteiger partial charge in [0.15, 0.2) is 0 Å². The number of aryl methyl sites for hydroxylation is 4. The zero-order valence-corrected chi connectivity index (χ0v) is 24.2. The molecule has 0 heterocycles. The number of amides is 2. The Bertz CT molecular complexity index is 1490. The molecule has 8 nitrogen and oxygen atoms in total. The molecule has 0 unspecified atom stereocenters. The quantitative estimate of drug-likeness (QED) is 0.269. The highest BCUT2D eigenvalue weighted by Crippen LogP contribution is 2.27. The Morgan fingerprint density at radius 1 is 0.875 bits per heavy atom. The minimum Gasteiger partial charge on any atom is -0.480 e. The molecule has 0 aromatic heterocycles. The first-order valence-corrected chi connectivity index (χ1v) is 15.0. The standard InChI is InChI=1S/C31H37N3O5S/c1-19-15-21(3)29(22(4)16-19)40(38,39)34-28(30(35)36)17-23-10-13-24(14-11-23)25-12-9-20(2)27(18-25)33-31(37)32-26-7-5-6-8-26/h9-16,18,26,28,34H,5-8,17H2,1-4H3,(H,35,36)(H2,32,33,37)/t28-/m1/s1. The van der Waals surface area contributed by atoms with E-state index in [1.165, 1.54) is 0 Å². The van der Waals surface area contributed by atoms with E-state index < -0.39 is 22.0 Å². The van der Waals surface area contributed by atoms with Gasteiger partial charge in [-0.25, -0.2) is 13.2 Å². The van der Waals surface area contributed by atoms with Crippen molar-refractivity contribution in [2.45, 2.75) is 76.8 Å². The molecule has 1 aliphatic rings. The fraction of sp³-hybridized carbons (Fsp3) is 0.355. The highest BCUT2D eigenvalue weighted by molar-refractivity contribution is 7.89. The van der Waals surface area contributed by atoms with Gasteiger partial charge in [-0.15, -0.1) is 0 Å². The molecule has 4 rings (SSSR count). The average molecular weight is 564 g/mol. The van der Waals surface area contributed by atoms with Crippen LogP contribution in [0.4, 0.5) is 10.5 Å². The summed E-state index contributed by atoms with van der Waals surface area (Å²) in [5.41, 5.74) is 6.21. The first kappa shape index (κ1) is 29.3. The molecule has 0 aliphatic heterocycles. The van der Waals surface area contributed by atoms with Crippen molar-refractivity contribution < 1.29 is 23.1 Å². The van der Waals surface area contributed by atoms with Crippen LogP contribution in [0, 0.1) is 27.7 Å². The van der Waals surface area contributed by atoms with E-state index in [1.54, 1.807) is 38.1 Å². The van der Waals surface area contributed by atoms with Crippen LogP contribution in [0.3, 0.4) is 0 Å². The van der Waals surface area contributed by atoms with Gasteiger partial charge in [-0.1, -0.05) is 66.9 Å². The third-order valence-corrected chi connectivity index (χ3v) is 9.15. The van der Waals surface area contributed by atoms with E-state index in [0.717, 1.165) is 53.6 Å². The van der Waals surface area contributed by atoms with Gasteiger partial charge in [-0.05, 0) is 86.4 Å². The second-order valence-electron chi connectivity index (χ2n) is 10.8. The predicted molar refractivity (Wildman–Crippen MR) is 157 cm³/mol. The lowest BCUT2D eigenvalue weighted by atomic mass is 9.99. The molecule has 3 aromatic carbocycles. The molecular weight excluding hydrogens is 526 g/mol. The number of urea groups is 1. The van der Waals surface area contributed by atoms with Gasteiger partial charge in [0, 0.05) is 11.7 Å². The van der Waals surface area contributed by atoms with E-state index in [0.29, 0.717) is 16.7 Å². The van der Waals surface area contributed by atoms with E-state index in [9.17, 15) is 23.1 Å². The summed E-state index contributed by atoms with van der Waals surface area (Å²) in [6, 6.07) is 15.4. The first-order valence-electron chi connectivity index (χ1n) is 13.5. The number of sulfonamides is 1. The van der Waals surface area contributed by atoms with E-state index in [2.05, 4.69) is 15.4 Å². The Balaban J connectivity index is 1.47. The lowest BCUT2D eigenvalue weighted by Crippen LogP contribution is -2.42. The molecule has 0 spiro atoms. The van der Waals surface area contributed by atoms with Crippen LogP contribution in [0.1, 0.15) is 53.5 Å². The minimum absolute atomic E-state index is 0.0131. The fourth-order valence-electron chi connectivity index (χ4n) is 5.44. The van der Waals surface area contributed by atoms with Crippen molar-refractivity contribution in [3.63, 3.8) is 0 Å². The molecule has 1 atom stereocenters. The Morgan fingerprint density at radius 3 is 2.08 bits per heavy atom. The molecule has 3 aromatic rings. The van der Waals surface area contributed by atoms with Gasteiger partial charge in [0.2, 0.25) is 10.0 Å². The van der Waals surface area contributed by atoms with Crippen LogP contribution in [-0.2, 0) is 21.2 Å². The number of anilines is 1. The zero-order chi connectivity index (χ0) is 29.0. The van der Waals surface area contributed by atoms with E-state index in [4.69, 9.17) is 0 Å². The van der Waals surface area contributed by atoms with Crippen molar-refractivity contribution in [3.05, 3.63) is 82.4 Å². The van der Waals surface area contributed by atoms with Crippen LogP contribution in [-0.4, -0.2) is 37.6 Å². The lowest BCUT2D eigenvalue weighted by molar-refractivity contribution is -0.138. The average Bonchev–Trinajstić information content (AvgIpc) is 3.37. The Hall–Kier alpha value is -3.69. The Labute approximate surface area is 236 Å². The minimum atomic E-state index is -4.05. The number of hydrogen-bond donors (Lipinski definition) is 4. The molecule has 1 saturated carbocycles. The van der Waals surface area contributed by atoms with Crippen molar-refractivity contribution in [3.8, 4) is 11.1 Å². The highest BCUT2D eigenvalue weighted by Gasteiger charge is 2.28. The van der Waals surface area contributed by atoms with Crippen molar-refractivity contribution in [2.24, 2.45) is 0 Å². The SMILES string of the molecule is Cc1cc(C)c(S(=O)(=O)N[C@H](Cc2ccc(-c3ccc(C)c(NC(=O)NC4CCCC4)c3)cc2)C(=O)O)c(C)c1. The van der Waals surface area contributed by atoms with Crippen LogP contribution in [0.5, 0.6) is 0 Å². The molecule has 0 bridgehead atoms. The second-order valence-corrected chi connectivity index (χ2v) is 12.4. The van der Waals surface area contributed by atoms with Crippen LogP contribution in [0.25, 0.3) is 11.1 Å². The summed E-state index contributed by atoms with van der Waals surface area (Å²) in [5.74, 6) is -1.25. The first-order chi connectivity index (χ1) is 18.9. The van der Waals surface area contributed by atoms with Crippen molar-refractivity contribution in [1.29, 1.82) is 0 Å². The number of carbonyl (C=O) groups excluding carboxylic acids is 1. The number of hydrogen-bond acceptors (Lipinski definition) is 4. The molecule has 40 heavy (non-hydrogen) atoms. The topological polar surface area (TPSA) is 125 Å². The van der Waals surface area contributed by atoms with Gasteiger partial charge in [0.1, 0.15) is 6.04 Å². The van der Waals surface area contributed by atoms with Crippen LogP contribution in [0.15, 0.2) is 59.5 Å².